The van der Waals surface area contributed by atoms with Crippen LogP contribution in [0.15, 0.2) is 21.9 Å². The van der Waals surface area contributed by atoms with E-state index < -0.39 is 0 Å². The first-order chi connectivity index (χ1) is 10.7. The smallest absolute Gasteiger partial charge is 0.191 e. The van der Waals surface area contributed by atoms with Gasteiger partial charge >= 0.3 is 0 Å². The van der Waals surface area contributed by atoms with Gasteiger partial charge in [-0.2, -0.15) is 5.10 Å². The third-order valence-corrected chi connectivity index (χ3v) is 3.48. The number of aliphatic imine (C=N–C) groups is 1. The number of guanidine groups is 1. The van der Waals surface area contributed by atoms with Crippen LogP contribution in [0.1, 0.15) is 36.4 Å². The second-order valence-electron chi connectivity index (χ2n) is 5.04. The highest BCUT2D eigenvalue weighted by atomic mass is 127. The molecule has 0 atom stereocenters. The Labute approximate surface area is 153 Å². The molecule has 0 unspecified atom stereocenters. The van der Waals surface area contributed by atoms with Crippen molar-refractivity contribution in [2.24, 2.45) is 12.0 Å². The lowest BCUT2D eigenvalue weighted by atomic mass is 10.1. The van der Waals surface area contributed by atoms with Crippen LogP contribution in [-0.2, 0) is 33.0 Å². The van der Waals surface area contributed by atoms with Gasteiger partial charge in [0.05, 0.1) is 11.9 Å². The maximum absolute atomic E-state index is 5.37. The summed E-state index contributed by atoms with van der Waals surface area (Å²) in [4.78, 5) is 4.24. The topological polar surface area (TPSA) is 80.3 Å². The summed E-state index contributed by atoms with van der Waals surface area (Å²) in [5.74, 6) is 1.68. The molecule has 0 radical (unpaired) electrons. The molecule has 0 aliphatic heterocycles. The minimum atomic E-state index is 0. The summed E-state index contributed by atoms with van der Waals surface area (Å²) in [5.41, 5.74) is 3.25. The molecular formula is C15H25IN6O. The summed E-state index contributed by atoms with van der Waals surface area (Å²) in [7, 11) is 3.66. The minimum Gasteiger partial charge on any atom is -0.361 e. The molecule has 23 heavy (non-hydrogen) atoms. The van der Waals surface area contributed by atoms with Crippen molar-refractivity contribution in [1.29, 1.82) is 0 Å². The molecule has 0 aliphatic carbocycles. The van der Waals surface area contributed by atoms with Crippen molar-refractivity contribution in [3.8, 4) is 0 Å². The van der Waals surface area contributed by atoms with Gasteiger partial charge in [0.1, 0.15) is 5.76 Å². The van der Waals surface area contributed by atoms with E-state index in [2.05, 4.69) is 39.7 Å². The van der Waals surface area contributed by atoms with E-state index in [1.807, 2.05) is 19.4 Å². The number of nitrogens with zero attached hydrogens (tertiary/aromatic N) is 4. The monoisotopic (exact) mass is 432 g/mol. The zero-order chi connectivity index (χ0) is 15.9. The van der Waals surface area contributed by atoms with E-state index in [0.29, 0.717) is 13.1 Å². The molecule has 2 rings (SSSR count). The highest BCUT2D eigenvalue weighted by Gasteiger charge is 2.13. The third kappa shape index (κ3) is 5.22. The Morgan fingerprint density at radius 3 is 2.57 bits per heavy atom. The van der Waals surface area contributed by atoms with Crippen LogP contribution in [0.25, 0.3) is 0 Å². The second-order valence-corrected chi connectivity index (χ2v) is 5.04. The van der Waals surface area contributed by atoms with Gasteiger partial charge in [0.25, 0.3) is 0 Å². The largest absolute Gasteiger partial charge is 0.361 e. The first-order valence-electron chi connectivity index (χ1n) is 7.56. The average Bonchev–Trinajstić information content (AvgIpc) is 3.13. The van der Waals surface area contributed by atoms with E-state index >= 15 is 0 Å². The number of hydrogen-bond acceptors (Lipinski definition) is 4. The molecule has 0 saturated heterocycles. The second kappa shape index (κ2) is 9.53. The highest BCUT2D eigenvalue weighted by molar-refractivity contribution is 14.0. The standard InChI is InChI=1S/C15H24N6O.HI/c1-5-13-12(14(6-2)22-20-13)9-18-15(16-3)17-7-11-8-19-21(4)10-11;/h8,10H,5-7,9H2,1-4H3,(H2,16,17,18);1H. The van der Waals surface area contributed by atoms with Crippen molar-refractivity contribution in [2.45, 2.75) is 39.8 Å². The first kappa shape index (κ1) is 19.5. The lowest BCUT2D eigenvalue weighted by Gasteiger charge is -2.11. The van der Waals surface area contributed by atoms with Crippen LogP contribution in [0, 0.1) is 0 Å². The Kier molecular flexibility index (Phi) is 8.07. The van der Waals surface area contributed by atoms with Crippen molar-refractivity contribution in [1.82, 2.24) is 25.6 Å². The number of aryl methyl sites for hydroxylation is 3. The molecule has 7 nitrogen and oxygen atoms in total. The molecule has 0 saturated carbocycles. The minimum absolute atomic E-state index is 0. The van der Waals surface area contributed by atoms with Gasteiger partial charge in [0, 0.05) is 50.9 Å². The number of aromatic nitrogens is 3. The summed E-state index contributed by atoms with van der Waals surface area (Å²) in [5, 5.41) is 14.8. The molecule has 0 aromatic carbocycles. The van der Waals surface area contributed by atoms with Gasteiger partial charge in [-0.15, -0.1) is 24.0 Å². The molecular weight excluding hydrogens is 407 g/mol. The van der Waals surface area contributed by atoms with Crippen LogP contribution in [0.2, 0.25) is 0 Å². The molecule has 2 N–H and O–H groups in total. The predicted octanol–water partition coefficient (Wildman–Crippen LogP) is 2.02. The number of hydrogen-bond donors (Lipinski definition) is 2. The Bertz CT molecular complexity index is 612. The molecule has 0 aliphatic rings. The van der Waals surface area contributed by atoms with Gasteiger partial charge in [-0.1, -0.05) is 19.0 Å². The van der Waals surface area contributed by atoms with Crippen LogP contribution in [0.3, 0.4) is 0 Å². The maximum Gasteiger partial charge on any atom is 0.191 e. The van der Waals surface area contributed by atoms with Gasteiger partial charge in [-0.3, -0.25) is 9.67 Å². The van der Waals surface area contributed by atoms with E-state index in [-0.39, 0.29) is 24.0 Å². The van der Waals surface area contributed by atoms with Crippen molar-refractivity contribution < 1.29 is 4.52 Å². The fourth-order valence-corrected chi connectivity index (χ4v) is 2.28. The number of rotatable bonds is 6. The summed E-state index contributed by atoms with van der Waals surface area (Å²) in [6, 6.07) is 0. The molecule has 0 fully saturated rings. The maximum atomic E-state index is 5.37. The van der Waals surface area contributed by atoms with E-state index in [4.69, 9.17) is 4.52 Å². The first-order valence-corrected chi connectivity index (χ1v) is 7.56. The Morgan fingerprint density at radius 1 is 1.26 bits per heavy atom. The van der Waals surface area contributed by atoms with Crippen molar-refractivity contribution in [3.63, 3.8) is 0 Å². The molecule has 0 bridgehead atoms. The average molecular weight is 432 g/mol. The predicted molar refractivity (Wildman–Crippen MR) is 101 cm³/mol. The van der Waals surface area contributed by atoms with E-state index in [1.165, 1.54) is 0 Å². The van der Waals surface area contributed by atoms with Crippen molar-refractivity contribution >= 4 is 29.9 Å². The number of halogens is 1. The molecule has 8 heteroatoms. The molecule has 0 spiro atoms. The van der Waals surface area contributed by atoms with Crippen LogP contribution in [0.4, 0.5) is 0 Å². The lowest BCUT2D eigenvalue weighted by molar-refractivity contribution is 0.380. The van der Waals surface area contributed by atoms with Gasteiger partial charge < -0.3 is 15.2 Å². The van der Waals surface area contributed by atoms with Crippen molar-refractivity contribution in [3.05, 3.63) is 35.0 Å². The van der Waals surface area contributed by atoms with Crippen LogP contribution in [-0.4, -0.2) is 27.9 Å². The fourth-order valence-electron chi connectivity index (χ4n) is 2.28. The SMILES string of the molecule is CCc1noc(CC)c1CNC(=NC)NCc1cnn(C)c1.I. The summed E-state index contributed by atoms with van der Waals surface area (Å²) in [6.45, 7) is 5.48. The Hall–Kier alpha value is -1.58. The fraction of sp³-hybridized carbons (Fsp3) is 0.533. The Balaban J connectivity index is 0.00000264. The lowest BCUT2D eigenvalue weighted by Crippen LogP contribution is -2.36. The molecule has 2 aromatic heterocycles. The van der Waals surface area contributed by atoms with Gasteiger partial charge in [0.15, 0.2) is 5.96 Å². The van der Waals surface area contributed by atoms with Crippen LogP contribution in [0.5, 0.6) is 0 Å². The number of nitrogens with one attached hydrogen (secondary N) is 2. The van der Waals surface area contributed by atoms with E-state index in [0.717, 1.165) is 41.4 Å². The summed E-state index contributed by atoms with van der Waals surface area (Å²) in [6.07, 6.45) is 5.52. The normalized spacial score (nSPS) is 11.2. The highest BCUT2D eigenvalue weighted by Crippen LogP contribution is 2.15. The molecule has 2 heterocycles. The zero-order valence-corrected chi connectivity index (χ0v) is 16.4. The van der Waals surface area contributed by atoms with Gasteiger partial charge in [-0.05, 0) is 6.42 Å². The van der Waals surface area contributed by atoms with Crippen LogP contribution >= 0.6 is 24.0 Å². The zero-order valence-electron chi connectivity index (χ0n) is 14.1. The third-order valence-electron chi connectivity index (χ3n) is 3.48. The van der Waals surface area contributed by atoms with Gasteiger partial charge in [-0.25, -0.2) is 0 Å². The van der Waals surface area contributed by atoms with Crippen LogP contribution < -0.4 is 10.6 Å². The Morgan fingerprint density at radius 2 is 2.00 bits per heavy atom. The molecule has 128 valence electrons. The molecule has 0 amide bonds. The van der Waals surface area contributed by atoms with Gasteiger partial charge in [0.2, 0.25) is 0 Å². The summed E-state index contributed by atoms with van der Waals surface area (Å²) < 4.78 is 7.16. The summed E-state index contributed by atoms with van der Waals surface area (Å²) >= 11 is 0. The quantitative estimate of drug-likeness (QED) is 0.415. The van der Waals surface area contributed by atoms with Crippen molar-refractivity contribution in [2.75, 3.05) is 7.05 Å². The van der Waals surface area contributed by atoms with E-state index in [1.54, 1.807) is 11.7 Å². The van der Waals surface area contributed by atoms with E-state index in [9.17, 15) is 0 Å². The molecule has 2 aromatic rings.